The highest BCUT2D eigenvalue weighted by atomic mass is 127. The fourth-order valence-corrected chi connectivity index (χ4v) is 4.79. The largest absolute Gasteiger partial charge is 0.354 e. The van der Waals surface area contributed by atoms with E-state index in [-0.39, 0.29) is 24.0 Å². The number of nitrogens with zero attached hydrogens (tertiary/aromatic N) is 6. The Bertz CT molecular complexity index is 614. The van der Waals surface area contributed by atoms with E-state index in [1.165, 1.54) is 25.7 Å². The number of guanidine groups is 1. The molecule has 1 aliphatic heterocycles. The molecule has 1 saturated carbocycles. The minimum Gasteiger partial charge on any atom is -0.354 e. The standard InChI is InChI=1S/C21H39N7.HI/c1-5-20-25-24-16-28(20)11-10-23-21(22-4)27-14-12-26(13-15-27)19-8-6-18(7-9-19)17(2)3;/h16-19H,5-15H2,1-4H3,(H,22,23);1H. The van der Waals surface area contributed by atoms with Crippen molar-refractivity contribution >= 4 is 29.9 Å². The smallest absolute Gasteiger partial charge is 0.193 e. The lowest BCUT2D eigenvalue weighted by molar-refractivity contribution is 0.0864. The lowest BCUT2D eigenvalue weighted by Gasteiger charge is -2.43. The van der Waals surface area contributed by atoms with Crippen LogP contribution in [0.2, 0.25) is 0 Å². The van der Waals surface area contributed by atoms with Gasteiger partial charge in [0.1, 0.15) is 12.2 Å². The second kappa shape index (κ2) is 12.1. The van der Waals surface area contributed by atoms with Crippen LogP contribution < -0.4 is 5.32 Å². The maximum Gasteiger partial charge on any atom is 0.193 e. The van der Waals surface area contributed by atoms with Crippen molar-refractivity contribution in [3.05, 3.63) is 12.2 Å². The van der Waals surface area contributed by atoms with Gasteiger partial charge in [-0.25, -0.2) is 0 Å². The van der Waals surface area contributed by atoms with Crippen LogP contribution >= 0.6 is 24.0 Å². The molecule has 2 fully saturated rings. The highest BCUT2D eigenvalue weighted by molar-refractivity contribution is 14.0. The summed E-state index contributed by atoms with van der Waals surface area (Å²) in [6, 6.07) is 0.799. The zero-order chi connectivity index (χ0) is 19.9. The number of rotatable bonds is 6. The number of hydrogen-bond acceptors (Lipinski definition) is 4. The minimum atomic E-state index is 0. The first-order chi connectivity index (χ1) is 13.6. The average Bonchev–Trinajstić information content (AvgIpc) is 3.19. The van der Waals surface area contributed by atoms with Crippen molar-refractivity contribution in [1.82, 2.24) is 29.9 Å². The number of hydrogen-bond donors (Lipinski definition) is 1. The van der Waals surface area contributed by atoms with Crippen molar-refractivity contribution in [3.8, 4) is 0 Å². The molecule has 8 heteroatoms. The first-order valence-electron chi connectivity index (χ1n) is 11.2. The van der Waals surface area contributed by atoms with E-state index < -0.39 is 0 Å². The molecule has 2 heterocycles. The third kappa shape index (κ3) is 6.54. The zero-order valence-electron chi connectivity index (χ0n) is 18.7. The van der Waals surface area contributed by atoms with Crippen LogP contribution in [0.1, 0.15) is 52.3 Å². The Labute approximate surface area is 193 Å². The number of aryl methyl sites for hydroxylation is 1. The van der Waals surface area contributed by atoms with Crippen LogP contribution in [0.3, 0.4) is 0 Å². The Balaban J connectivity index is 0.00000300. The molecule has 0 unspecified atom stereocenters. The van der Waals surface area contributed by atoms with Gasteiger partial charge < -0.3 is 14.8 Å². The number of aromatic nitrogens is 3. The first kappa shape index (κ1) is 24.4. The average molecular weight is 518 g/mol. The SMILES string of the molecule is CCc1nncn1CCNC(=NC)N1CCN(C2CCC(C(C)C)CC2)CC1.I. The molecule has 7 nitrogen and oxygen atoms in total. The van der Waals surface area contributed by atoms with Gasteiger partial charge in [-0.1, -0.05) is 20.8 Å². The molecular weight excluding hydrogens is 477 g/mol. The van der Waals surface area contributed by atoms with E-state index in [9.17, 15) is 0 Å². The van der Waals surface area contributed by atoms with Crippen LogP contribution in [0.4, 0.5) is 0 Å². The van der Waals surface area contributed by atoms with Crippen molar-refractivity contribution in [3.63, 3.8) is 0 Å². The van der Waals surface area contributed by atoms with Gasteiger partial charge in [-0.2, -0.15) is 0 Å². The number of halogens is 1. The van der Waals surface area contributed by atoms with Crippen molar-refractivity contribution in [2.45, 2.75) is 65.5 Å². The molecule has 0 atom stereocenters. The summed E-state index contributed by atoms with van der Waals surface area (Å²) in [5, 5.41) is 11.7. The molecule has 1 saturated heterocycles. The van der Waals surface area contributed by atoms with E-state index in [0.717, 1.165) is 75.4 Å². The van der Waals surface area contributed by atoms with E-state index in [4.69, 9.17) is 0 Å². The number of piperazine rings is 1. The summed E-state index contributed by atoms with van der Waals surface area (Å²) in [7, 11) is 1.89. The van der Waals surface area contributed by atoms with E-state index in [1.54, 1.807) is 0 Å². The van der Waals surface area contributed by atoms with E-state index >= 15 is 0 Å². The van der Waals surface area contributed by atoms with Gasteiger partial charge in [-0.3, -0.25) is 9.89 Å². The van der Waals surface area contributed by atoms with Crippen molar-refractivity contribution < 1.29 is 0 Å². The monoisotopic (exact) mass is 517 g/mol. The van der Waals surface area contributed by atoms with Gasteiger partial charge in [-0.15, -0.1) is 34.2 Å². The molecular formula is C21H40IN7. The van der Waals surface area contributed by atoms with Gasteiger partial charge >= 0.3 is 0 Å². The van der Waals surface area contributed by atoms with E-state index in [2.05, 4.69) is 55.6 Å². The summed E-state index contributed by atoms with van der Waals surface area (Å²) in [5.74, 6) is 3.85. The summed E-state index contributed by atoms with van der Waals surface area (Å²) >= 11 is 0. The molecule has 1 aliphatic carbocycles. The Kier molecular flexibility index (Phi) is 10.1. The Morgan fingerprint density at radius 2 is 1.86 bits per heavy atom. The summed E-state index contributed by atoms with van der Waals surface area (Å²) in [6.45, 7) is 13.0. The van der Waals surface area contributed by atoms with Gasteiger partial charge in [0.05, 0.1) is 0 Å². The third-order valence-corrected chi connectivity index (χ3v) is 6.67. The summed E-state index contributed by atoms with van der Waals surface area (Å²) in [6.07, 6.45) is 8.32. The number of nitrogens with one attached hydrogen (secondary N) is 1. The quantitative estimate of drug-likeness (QED) is 0.357. The lowest BCUT2D eigenvalue weighted by Crippen LogP contribution is -2.55. The first-order valence-corrected chi connectivity index (χ1v) is 11.2. The van der Waals surface area contributed by atoms with Crippen molar-refractivity contribution in [2.75, 3.05) is 39.8 Å². The molecule has 0 amide bonds. The van der Waals surface area contributed by atoms with Crippen molar-refractivity contribution in [1.29, 1.82) is 0 Å². The number of aliphatic imine (C=N–C) groups is 1. The van der Waals surface area contributed by atoms with Crippen LogP contribution in [-0.2, 0) is 13.0 Å². The molecule has 1 aromatic rings. The van der Waals surface area contributed by atoms with E-state index in [0.29, 0.717) is 0 Å². The maximum atomic E-state index is 4.51. The second-order valence-corrected chi connectivity index (χ2v) is 8.60. The van der Waals surface area contributed by atoms with Crippen molar-refractivity contribution in [2.24, 2.45) is 16.8 Å². The topological polar surface area (TPSA) is 61.6 Å². The molecule has 166 valence electrons. The predicted molar refractivity (Wildman–Crippen MR) is 130 cm³/mol. The summed E-state index contributed by atoms with van der Waals surface area (Å²) in [5.41, 5.74) is 0. The molecule has 29 heavy (non-hydrogen) atoms. The van der Waals surface area contributed by atoms with E-state index in [1.807, 2.05) is 13.4 Å². The third-order valence-electron chi connectivity index (χ3n) is 6.67. The fraction of sp³-hybridized carbons (Fsp3) is 0.857. The predicted octanol–water partition coefficient (Wildman–Crippen LogP) is 2.87. The Morgan fingerprint density at radius 3 is 2.45 bits per heavy atom. The van der Waals surface area contributed by atoms with Gasteiger partial charge in [0.15, 0.2) is 5.96 Å². The summed E-state index contributed by atoms with van der Waals surface area (Å²) < 4.78 is 2.12. The highest BCUT2D eigenvalue weighted by Crippen LogP contribution is 2.32. The van der Waals surface area contributed by atoms with Gasteiger partial charge in [0.25, 0.3) is 0 Å². The van der Waals surface area contributed by atoms with Crippen LogP contribution in [-0.4, -0.2) is 76.3 Å². The summed E-state index contributed by atoms with van der Waals surface area (Å²) in [4.78, 5) is 9.65. The molecule has 2 aliphatic rings. The maximum absolute atomic E-state index is 4.51. The molecule has 1 aromatic heterocycles. The molecule has 3 rings (SSSR count). The van der Waals surface area contributed by atoms with Crippen LogP contribution in [0.15, 0.2) is 11.3 Å². The molecule has 0 aromatic carbocycles. The normalized spacial score (nSPS) is 23.9. The second-order valence-electron chi connectivity index (χ2n) is 8.60. The molecule has 0 bridgehead atoms. The fourth-order valence-electron chi connectivity index (χ4n) is 4.79. The molecule has 0 spiro atoms. The van der Waals surface area contributed by atoms with Crippen LogP contribution in [0.5, 0.6) is 0 Å². The molecule has 0 radical (unpaired) electrons. The Hall–Kier alpha value is -0.900. The van der Waals surface area contributed by atoms with Crippen LogP contribution in [0.25, 0.3) is 0 Å². The van der Waals surface area contributed by atoms with Gasteiger partial charge in [0, 0.05) is 58.8 Å². The molecule has 1 N–H and O–H groups in total. The Morgan fingerprint density at radius 1 is 1.17 bits per heavy atom. The lowest BCUT2D eigenvalue weighted by atomic mass is 9.79. The van der Waals surface area contributed by atoms with Gasteiger partial charge in [-0.05, 0) is 37.5 Å². The van der Waals surface area contributed by atoms with Crippen LogP contribution in [0, 0.1) is 11.8 Å². The zero-order valence-corrected chi connectivity index (χ0v) is 21.0. The minimum absolute atomic E-state index is 0. The van der Waals surface area contributed by atoms with Gasteiger partial charge in [0.2, 0.25) is 0 Å². The highest BCUT2D eigenvalue weighted by Gasteiger charge is 2.29.